The molecule has 0 aromatic carbocycles. The van der Waals surface area contributed by atoms with E-state index < -0.39 is 0 Å². The predicted octanol–water partition coefficient (Wildman–Crippen LogP) is 0.234. The van der Waals surface area contributed by atoms with Gasteiger partial charge in [-0.25, -0.2) is 0 Å². The summed E-state index contributed by atoms with van der Waals surface area (Å²) in [4.78, 5) is 2.43. The first-order valence-corrected chi connectivity index (χ1v) is 7.06. The molecule has 1 aliphatic heterocycles. The van der Waals surface area contributed by atoms with Crippen LogP contribution in [-0.2, 0) is 13.1 Å². The number of nitrogens with zero attached hydrogens (tertiary/aromatic N) is 4. The third kappa shape index (κ3) is 3.75. The van der Waals surface area contributed by atoms with E-state index in [1.54, 1.807) is 0 Å². The van der Waals surface area contributed by atoms with Gasteiger partial charge in [-0.15, -0.1) is 10.2 Å². The lowest BCUT2D eigenvalue weighted by molar-refractivity contribution is 0.165. The summed E-state index contributed by atoms with van der Waals surface area (Å²) in [6.07, 6.45) is 5.10. The Balaban J connectivity index is 1.67. The molecule has 19 heavy (non-hydrogen) atoms. The van der Waals surface area contributed by atoms with Gasteiger partial charge >= 0.3 is 0 Å². The van der Waals surface area contributed by atoms with Gasteiger partial charge in [-0.1, -0.05) is 6.42 Å². The molecule has 108 valence electrons. The maximum absolute atomic E-state index is 9.33. The molecule has 1 unspecified atom stereocenters. The molecule has 0 fully saturated rings. The van der Waals surface area contributed by atoms with Gasteiger partial charge in [0.05, 0.1) is 13.2 Å². The van der Waals surface area contributed by atoms with Crippen molar-refractivity contribution in [2.24, 2.45) is 0 Å². The number of aromatic nitrogens is 3. The van der Waals surface area contributed by atoms with Gasteiger partial charge in [-0.3, -0.25) is 4.90 Å². The van der Waals surface area contributed by atoms with Gasteiger partial charge < -0.3 is 15.0 Å². The zero-order chi connectivity index (χ0) is 13.7. The van der Waals surface area contributed by atoms with Crippen molar-refractivity contribution < 1.29 is 5.11 Å². The van der Waals surface area contributed by atoms with Crippen molar-refractivity contribution in [2.75, 3.05) is 26.7 Å². The summed E-state index contributed by atoms with van der Waals surface area (Å²) < 4.78 is 2.13. The van der Waals surface area contributed by atoms with Crippen molar-refractivity contribution in [3.8, 4) is 0 Å². The Morgan fingerprint density at radius 2 is 2.26 bits per heavy atom. The van der Waals surface area contributed by atoms with Gasteiger partial charge in [0.15, 0.2) is 0 Å². The van der Waals surface area contributed by atoms with Crippen LogP contribution in [0.15, 0.2) is 6.33 Å². The highest BCUT2D eigenvalue weighted by Crippen LogP contribution is 2.14. The minimum atomic E-state index is -0.137. The van der Waals surface area contributed by atoms with Crippen molar-refractivity contribution in [3.63, 3.8) is 0 Å². The van der Waals surface area contributed by atoms with Crippen LogP contribution in [0.3, 0.4) is 0 Å². The molecule has 1 aromatic heterocycles. The third-order valence-electron chi connectivity index (χ3n) is 4.12. The number of aliphatic hydroxyl groups excluding tert-OH is 1. The fraction of sp³-hybridized carbons (Fsp3) is 0.846. The van der Waals surface area contributed by atoms with Crippen LogP contribution in [0.2, 0.25) is 0 Å². The Hall–Kier alpha value is -0.980. The number of likely N-dealkylation sites (N-methyl/N-ethyl adjacent to an activating group) is 1. The van der Waals surface area contributed by atoms with Gasteiger partial charge in [-0.05, 0) is 33.4 Å². The molecule has 0 spiro atoms. The number of hydrogen-bond acceptors (Lipinski definition) is 5. The van der Waals surface area contributed by atoms with Gasteiger partial charge in [-0.2, -0.15) is 0 Å². The smallest absolute Gasteiger partial charge is 0.147 e. The van der Waals surface area contributed by atoms with Crippen LogP contribution in [0.5, 0.6) is 0 Å². The van der Waals surface area contributed by atoms with Crippen molar-refractivity contribution in [3.05, 3.63) is 12.2 Å². The van der Waals surface area contributed by atoms with Gasteiger partial charge in [0.1, 0.15) is 12.2 Å². The molecule has 1 aromatic rings. The van der Waals surface area contributed by atoms with Crippen LogP contribution in [0.1, 0.15) is 32.0 Å². The van der Waals surface area contributed by atoms with Crippen molar-refractivity contribution in [1.29, 1.82) is 0 Å². The Morgan fingerprint density at radius 1 is 1.42 bits per heavy atom. The lowest BCUT2D eigenvalue weighted by atomic mass is 9.96. The summed E-state index contributed by atoms with van der Waals surface area (Å²) >= 11 is 0. The van der Waals surface area contributed by atoms with E-state index in [0.717, 1.165) is 51.3 Å². The Morgan fingerprint density at radius 3 is 3.00 bits per heavy atom. The van der Waals surface area contributed by atoms with E-state index in [-0.39, 0.29) is 12.1 Å². The van der Waals surface area contributed by atoms with Crippen molar-refractivity contribution in [2.45, 2.75) is 44.8 Å². The standard InChI is InChI=1S/C13H25N5O/c1-13(10-19,14-2)5-3-4-6-17-7-8-18-11-15-16-12(18)9-17/h11,14,19H,3-10H2,1-2H3. The Bertz CT molecular complexity index is 388. The lowest BCUT2D eigenvalue weighted by Crippen LogP contribution is -2.43. The van der Waals surface area contributed by atoms with E-state index in [4.69, 9.17) is 0 Å². The largest absolute Gasteiger partial charge is 0.394 e. The number of aliphatic hydroxyl groups is 1. The topological polar surface area (TPSA) is 66.2 Å². The van der Waals surface area contributed by atoms with Crippen LogP contribution < -0.4 is 5.32 Å². The molecule has 1 aliphatic rings. The van der Waals surface area contributed by atoms with Crippen molar-refractivity contribution in [1.82, 2.24) is 25.0 Å². The maximum atomic E-state index is 9.33. The SMILES string of the molecule is CNC(C)(CO)CCCCN1CCn2cnnc2C1. The first-order chi connectivity index (χ1) is 9.17. The molecule has 0 amide bonds. The number of rotatable bonds is 7. The highest BCUT2D eigenvalue weighted by atomic mass is 16.3. The zero-order valence-corrected chi connectivity index (χ0v) is 12.0. The Kier molecular flexibility index (Phi) is 4.90. The first kappa shape index (κ1) is 14.4. The average molecular weight is 267 g/mol. The van der Waals surface area contributed by atoms with E-state index in [0.29, 0.717) is 0 Å². The molecule has 1 atom stereocenters. The molecule has 2 rings (SSSR count). The summed E-state index contributed by atoms with van der Waals surface area (Å²) in [5.74, 6) is 1.07. The molecular formula is C13H25N5O. The van der Waals surface area contributed by atoms with Gasteiger partial charge in [0.2, 0.25) is 0 Å². The molecule has 6 nitrogen and oxygen atoms in total. The summed E-state index contributed by atoms with van der Waals surface area (Å²) in [7, 11) is 1.91. The fourth-order valence-electron chi connectivity index (χ4n) is 2.44. The molecular weight excluding hydrogens is 242 g/mol. The molecule has 6 heteroatoms. The number of fused-ring (bicyclic) bond motifs is 1. The summed E-state index contributed by atoms with van der Waals surface area (Å²) in [6, 6.07) is 0. The van der Waals surface area contributed by atoms with Gasteiger partial charge in [0, 0.05) is 18.6 Å². The first-order valence-electron chi connectivity index (χ1n) is 7.06. The minimum absolute atomic E-state index is 0.137. The monoisotopic (exact) mass is 267 g/mol. The quantitative estimate of drug-likeness (QED) is 0.693. The van der Waals surface area contributed by atoms with Crippen LogP contribution in [0.25, 0.3) is 0 Å². The number of unbranched alkanes of at least 4 members (excludes halogenated alkanes) is 1. The van der Waals surface area contributed by atoms with Crippen LogP contribution in [0.4, 0.5) is 0 Å². The Labute approximate surface area is 114 Å². The summed E-state index contributed by atoms with van der Waals surface area (Å²) in [6.45, 7) is 6.33. The molecule has 0 aliphatic carbocycles. The van der Waals surface area contributed by atoms with Gasteiger partial charge in [0.25, 0.3) is 0 Å². The highest BCUT2D eigenvalue weighted by Gasteiger charge is 2.20. The normalized spacial score (nSPS) is 19.1. The number of nitrogens with one attached hydrogen (secondary N) is 1. The molecule has 0 saturated heterocycles. The van der Waals surface area contributed by atoms with E-state index in [1.165, 1.54) is 0 Å². The van der Waals surface area contributed by atoms with E-state index in [9.17, 15) is 5.11 Å². The molecule has 0 radical (unpaired) electrons. The second-order valence-corrected chi connectivity index (χ2v) is 5.64. The average Bonchev–Trinajstić information content (AvgIpc) is 2.91. The molecule has 2 heterocycles. The van der Waals surface area contributed by atoms with E-state index >= 15 is 0 Å². The third-order valence-corrected chi connectivity index (χ3v) is 4.12. The number of hydrogen-bond donors (Lipinski definition) is 2. The maximum Gasteiger partial charge on any atom is 0.147 e. The lowest BCUT2D eigenvalue weighted by Gasteiger charge is -2.29. The summed E-state index contributed by atoms with van der Waals surface area (Å²) in [5.41, 5.74) is -0.137. The second-order valence-electron chi connectivity index (χ2n) is 5.64. The van der Waals surface area contributed by atoms with E-state index in [1.807, 2.05) is 13.4 Å². The highest BCUT2D eigenvalue weighted by molar-refractivity contribution is 4.89. The molecule has 2 N–H and O–H groups in total. The van der Waals surface area contributed by atoms with Crippen LogP contribution in [-0.4, -0.2) is 57.1 Å². The second kappa shape index (κ2) is 6.45. The minimum Gasteiger partial charge on any atom is -0.394 e. The van der Waals surface area contributed by atoms with Crippen LogP contribution >= 0.6 is 0 Å². The van der Waals surface area contributed by atoms with Crippen molar-refractivity contribution >= 4 is 0 Å². The molecule has 0 saturated carbocycles. The zero-order valence-electron chi connectivity index (χ0n) is 12.0. The molecule has 0 bridgehead atoms. The van der Waals surface area contributed by atoms with E-state index in [2.05, 4.69) is 31.9 Å². The fourth-order valence-corrected chi connectivity index (χ4v) is 2.44. The predicted molar refractivity (Wildman–Crippen MR) is 73.7 cm³/mol. The summed E-state index contributed by atoms with van der Waals surface area (Å²) in [5, 5.41) is 20.6. The van der Waals surface area contributed by atoms with Crippen LogP contribution in [0, 0.1) is 0 Å².